The van der Waals surface area contributed by atoms with Crippen molar-refractivity contribution in [1.82, 2.24) is 0 Å². The van der Waals surface area contributed by atoms with Crippen LogP contribution in [0.5, 0.6) is 11.5 Å². The van der Waals surface area contributed by atoms with Crippen molar-refractivity contribution in [2.45, 2.75) is 38.5 Å². The number of ether oxygens (including phenoxy) is 2. The van der Waals surface area contributed by atoms with Gasteiger partial charge in [-0.3, -0.25) is 4.79 Å². The lowest BCUT2D eigenvalue weighted by Gasteiger charge is -2.13. The van der Waals surface area contributed by atoms with Crippen LogP contribution in [-0.4, -0.2) is 20.0 Å². The number of carbonyl (C=O) groups is 1. The molecule has 0 spiro atoms. The number of hydrogen-bond acceptors (Lipinski definition) is 3. The van der Waals surface area contributed by atoms with Crippen molar-refractivity contribution >= 4 is 21.7 Å². The van der Waals surface area contributed by atoms with Crippen LogP contribution in [0.2, 0.25) is 0 Å². The predicted octanol–water partition coefficient (Wildman–Crippen LogP) is 4.62. The molecule has 0 unspecified atom stereocenters. The lowest BCUT2D eigenvalue weighted by Crippen LogP contribution is -2.06. The van der Waals surface area contributed by atoms with E-state index < -0.39 is 0 Å². The fourth-order valence-corrected chi connectivity index (χ4v) is 3.33. The van der Waals surface area contributed by atoms with E-state index in [0.29, 0.717) is 23.5 Å². The Labute approximate surface area is 128 Å². The number of Topliss-reactive ketones (excluding diaryl/α,β-unsaturated/α-hetero) is 1. The van der Waals surface area contributed by atoms with Gasteiger partial charge in [0, 0.05) is 6.42 Å². The summed E-state index contributed by atoms with van der Waals surface area (Å²) in [5.74, 6) is 2.13. The molecule has 4 heteroatoms. The van der Waals surface area contributed by atoms with Crippen molar-refractivity contribution in [3.05, 3.63) is 22.2 Å². The third-order valence-electron chi connectivity index (χ3n) is 4.03. The van der Waals surface area contributed by atoms with E-state index in [1.54, 1.807) is 26.4 Å². The molecule has 0 N–H and O–H groups in total. The van der Waals surface area contributed by atoms with Gasteiger partial charge >= 0.3 is 0 Å². The van der Waals surface area contributed by atoms with E-state index in [9.17, 15) is 4.79 Å². The van der Waals surface area contributed by atoms with Crippen LogP contribution in [0, 0.1) is 5.92 Å². The predicted molar refractivity (Wildman–Crippen MR) is 82.8 cm³/mol. The van der Waals surface area contributed by atoms with Crippen molar-refractivity contribution in [2.24, 2.45) is 5.92 Å². The Hall–Kier alpha value is -1.03. The molecular weight excluding hydrogens is 320 g/mol. The second-order valence-corrected chi connectivity index (χ2v) is 6.15. The first-order valence-corrected chi connectivity index (χ1v) is 7.89. The smallest absolute Gasteiger partial charge is 0.166 e. The van der Waals surface area contributed by atoms with Crippen LogP contribution in [0.3, 0.4) is 0 Å². The van der Waals surface area contributed by atoms with Gasteiger partial charge in [-0.25, -0.2) is 0 Å². The normalized spacial score (nSPS) is 15.3. The Kier molecular flexibility index (Phi) is 5.46. The van der Waals surface area contributed by atoms with Crippen LogP contribution in [0.15, 0.2) is 16.6 Å². The Morgan fingerprint density at radius 3 is 2.45 bits per heavy atom. The zero-order valence-electron chi connectivity index (χ0n) is 12.1. The third-order valence-corrected chi connectivity index (χ3v) is 4.65. The van der Waals surface area contributed by atoms with Gasteiger partial charge in [0.25, 0.3) is 0 Å². The summed E-state index contributed by atoms with van der Waals surface area (Å²) in [4.78, 5) is 12.4. The summed E-state index contributed by atoms with van der Waals surface area (Å²) in [5, 5.41) is 0. The lowest BCUT2D eigenvalue weighted by molar-refractivity contribution is 0.0970. The molecule has 1 aliphatic rings. The fourth-order valence-electron chi connectivity index (χ4n) is 2.85. The van der Waals surface area contributed by atoms with E-state index in [4.69, 9.17) is 9.47 Å². The average molecular weight is 341 g/mol. The van der Waals surface area contributed by atoms with Gasteiger partial charge in [0.2, 0.25) is 0 Å². The highest BCUT2D eigenvalue weighted by Crippen LogP contribution is 2.34. The summed E-state index contributed by atoms with van der Waals surface area (Å²) in [6.07, 6.45) is 6.75. The molecule has 0 amide bonds. The summed E-state index contributed by atoms with van der Waals surface area (Å²) in [7, 11) is 3.18. The second-order valence-electron chi connectivity index (χ2n) is 5.30. The molecule has 2 rings (SSSR count). The summed E-state index contributed by atoms with van der Waals surface area (Å²) < 4.78 is 11.4. The standard InChI is InChI=1S/C16H21BrO3/c1-19-15-10-13(17)16(20-2)9-12(15)14(18)8-7-11-5-3-4-6-11/h9-11H,3-8H2,1-2H3. The molecule has 0 bridgehead atoms. The van der Waals surface area contributed by atoms with Crippen LogP contribution in [0.25, 0.3) is 0 Å². The van der Waals surface area contributed by atoms with Crippen molar-refractivity contribution in [1.29, 1.82) is 0 Å². The van der Waals surface area contributed by atoms with E-state index in [1.807, 2.05) is 0 Å². The molecule has 1 aromatic rings. The van der Waals surface area contributed by atoms with Crippen LogP contribution < -0.4 is 9.47 Å². The molecule has 1 aromatic carbocycles. The van der Waals surface area contributed by atoms with Crippen molar-refractivity contribution in [3.63, 3.8) is 0 Å². The molecule has 1 fully saturated rings. The minimum absolute atomic E-state index is 0.138. The van der Waals surface area contributed by atoms with E-state index >= 15 is 0 Å². The lowest BCUT2D eigenvalue weighted by atomic mass is 9.97. The minimum Gasteiger partial charge on any atom is -0.496 e. The van der Waals surface area contributed by atoms with E-state index in [0.717, 1.165) is 16.8 Å². The minimum atomic E-state index is 0.138. The van der Waals surface area contributed by atoms with Gasteiger partial charge in [0.15, 0.2) is 5.78 Å². The monoisotopic (exact) mass is 340 g/mol. The molecule has 0 aliphatic heterocycles. The number of carbonyl (C=O) groups excluding carboxylic acids is 1. The van der Waals surface area contributed by atoms with Crippen LogP contribution >= 0.6 is 15.9 Å². The Morgan fingerprint density at radius 2 is 1.85 bits per heavy atom. The highest BCUT2D eigenvalue weighted by atomic mass is 79.9. The Balaban J connectivity index is 2.10. The maximum absolute atomic E-state index is 12.4. The zero-order valence-corrected chi connectivity index (χ0v) is 13.7. The van der Waals surface area contributed by atoms with Crippen LogP contribution in [0.4, 0.5) is 0 Å². The molecule has 1 aliphatic carbocycles. The molecule has 1 saturated carbocycles. The average Bonchev–Trinajstić information content (AvgIpc) is 2.97. The summed E-state index contributed by atoms with van der Waals surface area (Å²) in [6.45, 7) is 0. The first kappa shape index (κ1) is 15.4. The largest absolute Gasteiger partial charge is 0.496 e. The van der Waals surface area contributed by atoms with Crippen LogP contribution in [0.1, 0.15) is 48.9 Å². The molecule has 0 radical (unpaired) electrons. The van der Waals surface area contributed by atoms with Gasteiger partial charge in [-0.05, 0) is 40.4 Å². The topological polar surface area (TPSA) is 35.5 Å². The summed E-state index contributed by atoms with van der Waals surface area (Å²) in [6, 6.07) is 3.56. The first-order chi connectivity index (χ1) is 9.65. The molecule has 20 heavy (non-hydrogen) atoms. The van der Waals surface area contributed by atoms with Gasteiger partial charge in [-0.2, -0.15) is 0 Å². The first-order valence-electron chi connectivity index (χ1n) is 7.10. The maximum Gasteiger partial charge on any atom is 0.166 e. The fraction of sp³-hybridized carbons (Fsp3) is 0.562. The number of benzene rings is 1. The number of ketones is 1. The number of hydrogen-bond donors (Lipinski definition) is 0. The highest BCUT2D eigenvalue weighted by molar-refractivity contribution is 9.10. The summed E-state index contributed by atoms with van der Waals surface area (Å²) in [5.41, 5.74) is 0.616. The van der Waals surface area contributed by atoms with E-state index in [2.05, 4.69) is 15.9 Å². The number of rotatable bonds is 6. The highest BCUT2D eigenvalue weighted by Gasteiger charge is 2.20. The molecule has 110 valence electrons. The van der Waals surface area contributed by atoms with Gasteiger partial charge in [0.1, 0.15) is 11.5 Å². The molecule has 3 nitrogen and oxygen atoms in total. The van der Waals surface area contributed by atoms with E-state index in [-0.39, 0.29) is 5.78 Å². The van der Waals surface area contributed by atoms with Gasteiger partial charge in [0.05, 0.1) is 24.3 Å². The third kappa shape index (κ3) is 3.54. The van der Waals surface area contributed by atoms with E-state index in [1.165, 1.54) is 25.7 Å². The zero-order chi connectivity index (χ0) is 14.5. The van der Waals surface area contributed by atoms with Crippen molar-refractivity contribution in [3.8, 4) is 11.5 Å². The number of methoxy groups -OCH3 is 2. The molecule has 0 saturated heterocycles. The molecule has 0 atom stereocenters. The maximum atomic E-state index is 12.4. The molecule has 0 aromatic heterocycles. The van der Waals surface area contributed by atoms with Crippen molar-refractivity contribution < 1.29 is 14.3 Å². The van der Waals surface area contributed by atoms with Gasteiger partial charge in [-0.15, -0.1) is 0 Å². The Morgan fingerprint density at radius 1 is 1.20 bits per heavy atom. The van der Waals surface area contributed by atoms with Crippen LogP contribution in [-0.2, 0) is 0 Å². The Bertz CT molecular complexity index is 479. The quantitative estimate of drug-likeness (QED) is 0.709. The second kappa shape index (κ2) is 7.11. The number of halogens is 1. The SMILES string of the molecule is COc1cc(C(=O)CCC2CCCC2)c(OC)cc1Br. The molecule has 0 heterocycles. The molecular formula is C16H21BrO3. The van der Waals surface area contributed by atoms with Crippen molar-refractivity contribution in [2.75, 3.05) is 14.2 Å². The summed E-state index contributed by atoms with van der Waals surface area (Å²) >= 11 is 3.41. The van der Waals surface area contributed by atoms with Gasteiger partial charge < -0.3 is 9.47 Å². The van der Waals surface area contributed by atoms with Gasteiger partial charge in [-0.1, -0.05) is 25.7 Å².